The summed E-state index contributed by atoms with van der Waals surface area (Å²) in [7, 11) is 0. The third-order valence-corrected chi connectivity index (χ3v) is 2.90. The first-order valence-electron chi connectivity index (χ1n) is 6.06. The van der Waals surface area contributed by atoms with Crippen molar-refractivity contribution < 1.29 is 9.90 Å². The van der Waals surface area contributed by atoms with Crippen LogP contribution in [-0.2, 0) is 4.79 Å². The number of nitriles is 1. The molecule has 104 valence electrons. The zero-order valence-corrected chi connectivity index (χ0v) is 11.6. The molecule has 1 amide bonds. The van der Waals surface area contributed by atoms with Gasteiger partial charge in [-0.05, 0) is 42.0 Å². The summed E-state index contributed by atoms with van der Waals surface area (Å²) in [4.78, 5) is 11.7. The first-order chi connectivity index (χ1) is 10.1. The molecule has 0 radical (unpaired) electrons. The minimum absolute atomic E-state index is 0.116. The van der Waals surface area contributed by atoms with Crippen LogP contribution in [0.2, 0.25) is 5.02 Å². The van der Waals surface area contributed by atoms with E-state index in [1.165, 1.54) is 18.2 Å². The Bertz CT molecular complexity index is 748. The lowest BCUT2D eigenvalue weighted by molar-refractivity contribution is -0.111. The summed E-state index contributed by atoms with van der Waals surface area (Å²) < 4.78 is 0. The normalized spacial score (nSPS) is 10.3. The van der Waals surface area contributed by atoms with Crippen LogP contribution in [0.25, 0.3) is 6.08 Å². The standard InChI is InChI=1S/C16H11ClN2O2/c17-13-2-1-3-14(9-13)19-16(21)7-5-11-4-6-12(10-18)15(20)8-11/h1-9,20H,(H,19,21). The van der Waals surface area contributed by atoms with Gasteiger partial charge < -0.3 is 10.4 Å². The van der Waals surface area contributed by atoms with Crippen molar-refractivity contribution in [3.8, 4) is 11.8 Å². The van der Waals surface area contributed by atoms with Crippen molar-refractivity contribution in [3.63, 3.8) is 0 Å². The van der Waals surface area contributed by atoms with E-state index < -0.39 is 0 Å². The van der Waals surface area contributed by atoms with Gasteiger partial charge in [-0.25, -0.2) is 0 Å². The Balaban J connectivity index is 2.05. The number of anilines is 1. The van der Waals surface area contributed by atoms with Crippen molar-refractivity contribution in [3.05, 3.63) is 64.7 Å². The van der Waals surface area contributed by atoms with Gasteiger partial charge in [0.2, 0.25) is 5.91 Å². The summed E-state index contributed by atoms with van der Waals surface area (Å²) in [5.41, 5.74) is 1.41. The summed E-state index contributed by atoms with van der Waals surface area (Å²) in [6, 6.07) is 13.2. The van der Waals surface area contributed by atoms with E-state index in [9.17, 15) is 9.90 Å². The summed E-state index contributed by atoms with van der Waals surface area (Å²) in [6.45, 7) is 0. The van der Waals surface area contributed by atoms with E-state index in [0.29, 0.717) is 16.3 Å². The van der Waals surface area contributed by atoms with Crippen LogP contribution in [0.15, 0.2) is 48.5 Å². The molecule has 0 aliphatic rings. The summed E-state index contributed by atoms with van der Waals surface area (Å²) in [6.07, 6.45) is 2.88. The molecular weight excluding hydrogens is 288 g/mol. The molecule has 5 heteroatoms. The van der Waals surface area contributed by atoms with Crippen molar-refractivity contribution in [1.82, 2.24) is 0 Å². The van der Waals surface area contributed by atoms with Gasteiger partial charge in [-0.15, -0.1) is 0 Å². The lowest BCUT2D eigenvalue weighted by atomic mass is 10.1. The number of nitrogens with zero attached hydrogens (tertiary/aromatic N) is 1. The maximum absolute atomic E-state index is 11.7. The Morgan fingerprint density at radius 1 is 1.29 bits per heavy atom. The van der Waals surface area contributed by atoms with Crippen LogP contribution in [0, 0.1) is 11.3 Å². The molecule has 2 aromatic carbocycles. The molecule has 21 heavy (non-hydrogen) atoms. The second-order valence-electron chi connectivity index (χ2n) is 4.22. The average molecular weight is 299 g/mol. The van der Waals surface area contributed by atoms with Gasteiger partial charge in [0.05, 0.1) is 5.56 Å². The maximum atomic E-state index is 11.7. The SMILES string of the molecule is N#Cc1ccc(C=CC(=O)Nc2cccc(Cl)c2)cc1O. The highest BCUT2D eigenvalue weighted by molar-refractivity contribution is 6.30. The molecule has 0 fully saturated rings. The summed E-state index contributed by atoms with van der Waals surface area (Å²) in [5, 5.41) is 21.5. The second kappa shape index (κ2) is 6.60. The third kappa shape index (κ3) is 4.10. The molecule has 0 aliphatic carbocycles. The third-order valence-electron chi connectivity index (χ3n) is 2.66. The highest BCUT2D eigenvalue weighted by Gasteiger charge is 2.01. The quantitative estimate of drug-likeness (QED) is 0.851. The van der Waals surface area contributed by atoms with Crippen molar-refractivity contribution in [2.45, 2.75) is 0 Å². The van der Waals surface area contributed by atoms with Crippen LogP contribution in [-0.4, -0.2) is 11.0 Å². The number of halogens is 1. The Hall–Kier alpha value is -2.77. The Morgan fingerprint density at radius 2 is 2.10 bits per heavy atom. The van der Waals surface area contributed by atoms with Gasteiger partial charge in [0.25, 0.3) is 0 Å². The molecule has 0 atom stereocenters. The molecule has 2 N–H and O–H groups in total. The summed E-state index contributed by atoms with van der Waals surface area (Å²) >= 11 is 5.82. The fourth-order valence-electron chi connectivity index (χ4n) is 1.67. The molecule has 0 heterocycles. The fraction of sp³-hybridized carbons (Fsp3) is 0. The summed E-state index contributed by atoms with van der Waals surface area (Å²) in [5.74, 6) is -0.434. The Labute approximate surface area is 126 Å². The van der Waals surface area contributed by atoms with Crippen molar-refractivity contribution in [1.29, 1.82) is 5.26 Å². The highest BCUT2D eigenvalue weighted by Crippen LogP contribution is 2.19. The lowest BCUT2D eigenvalue weighted by Gasteiger charge is -2.02. The van der Waals surface area contributed by atoms with E-state index in [1.807, 2.05) is 6.07 Å². The van der Waals surface area contributed by atoms with Gasteiger partial charge in [0, 0.05) is 16.8 Å². The smallest absolute Gasteiger partial charge is 0.248 e. The van der Waals surface area contributed by atoms with Crippen LogP contribution in [0.1, 0.15) is 11.1 Å². The van der Waals surface area contributed by atoms with Gasteiger partial charge >= 0.3 is 0 Å². The predicted octanol–water partition coefficient (Wildman–Crippen LogP) is 3.57. The van der Waals surface area contributed by atoms with E-state index in [4.69, 9.17) is 16.9 Å². The van der Waals surface area contributed by atoms with E-state index in [0.717, 1.165) is 0 Å². The molecule has 0 unspecified atom stereocenters. The van der Waals surface area contributed by atoms with Gasteiger partial charge in [-0.1, -0.05) is 23.7 Å². The Morgan fingerprint density at radius 3 is 2.76 bits per heavy atom. The van der Waals surface area contributed by atoms with E-state index in [1.54, 1.807) is 36.4 Å². The van der Waals surface area contributed by atoms with Crippen molar-refractivity contribution in [2.75, 3.05) is 5.32 Å². The highest BCUT2D eigenvalue weighted by atomic mass is 35.5. The zero-order valence-electron chi connectivity index (χ0n) is 10.9. The fourth-order valence-corrected chi connectivity index (χ4v) is 1.86. The first-order valence-corrected chi connectivity index (χ1v) is 6.44. The number of hydrogen-bond acceptors (Lipinski definition) is 3. The van der Waals surface area contributed by atoms with Crippen LogP contribution in [0.3, 0.4) is 0 Å². The van der Waals surface area contributed by atoms with Gasteiger partial charge in [0.15, 0.2) is 0 Å². The largest absolute Gasteiger partial charge is 0.507 e. The molecule has 2 rings (SSSR count). The molecule has 0 aromatic heterocycles. The Kier molecular flexibility index (Phi) is 4.60. The minimum atomic E-state index is -0.318. The van der Waals surface area contributed by atoms with Crippen LogP contribution < -0.4 is 5.32 Å². The number of nitrogens with one attached hydrogen (secondary N) is 1. The van der Waals surface area contributed by atoms with Gasteiger partial charge in [-0.2, -0.15) is 5.26 Å². The topological polar surface area (TPSA) is 73.1 Å². The number of aromatic hydroxyl groups is 1. The lowest BCUT2D eigenvalue weighted by Crippen LogP contribution is -2.07. The predicted molar refractivity (Wildman–Crippen MR) is 81.9 cm³/mol. The number of rotatable bonds is 3. The second-order valence-corrected chi connectivity index (χ2v) is 4.66. The van der Waals surface area contributed by atoms with E-state index in [-0.39, 0.29) is 17.2 Å². The molecule has 0 spiro atoms. The van der Waals surface area contributed by atoms with Crippen LogP contribution in [0.5, 0.6) is 5.75 Å². The number of carbonyl (C=O) groups excluding carboxylic acids is 1. The first kappa shape index (κ1) is 14.6. The molecular formula is C16H11ClN2O2. The van der Waals surface area contributed by atoms with Gasteiger partial charge in [-0.3, -0.25) is 4.79 Å². The molecule has 0 saturated carbocycles. The average Bonchev–Trinajstić information content (AvgIpc) is 2.45. The molecule has 0 aliphatic heterocycles. The number of hydrogen-bond donors (Lipinski definition) is 2. The maximum Gasteiger partial charge on any atom is 0.248 e. The number of phenols is 1. The van der Waals surface area contributed by atoms with E-state index >= 15 is 0 Å². The molecule has 4 nitrogen and oxygen atoms in total. The van der Waals surface area contributed by atoms with Crippen molar-refractivity contribution >= 4 is 29.3 Å². The number of amides is 1. The monoisotopic (exact) mass is 298 g/mol. The minimum Gasteiger partial charge on any atom is -0.507 e. The molecule has 0 bridgehead atoms. The molecule has 0 saturated heterocycles. The molecule has 2 aromatic rings. The zero-order chi connectivity index (χ0) is 15.2. The number of benzene rings is 2. The van der Waals surface area contributed by atoms with Crippen LogP contribution >= 0.6 is 11.6 Å². The number of carbonyl (C=O) groups is 1. The van der Waals surface area contributed by atoms with E-state index in [2.05, 4.69) is 5.32 Å². The number of phenolic OH excluding ortho intramolecular Hbond substituents is 1. The van der Waals surface area contributed by atoms with Crippen molar-refractivity contribution in [2.24, 2.45) is 0 Å². The van der Waals surface area contributed by atoms with Crippen LogP contribution in [0.4, 0.5) is 5.69 Å². The van der Waals surface area contributed by atoms with Gasteiger partial charge in [0.1, 0.15) is 11.8 Å².